The van der Waals surface area contributed by atoms with E-state index in [4.69, 9.17) is 4.74 Å². The third-order valence-electron chi connectivity index (χ3n) is 3.02. The molecule has 0 atom stereocenters. The molecule has 4 heteroatoms. The second kappa shape index (κ2) is 8.53. The van der Waals surface area contributed by atoms with Gasteiger partial charge in [0.1, 0.15) is 0 Å². The number of benzene rings is 1. The molecule has 1 aliphatic heterocycles. The summed E-state index contributed by atoms with van der Waals surface area (Å²) in [5.74, 6) is 0.993. The largest absolute Gasteiger partial charge is 0.379 e. The fraction of sp³-hybridized carbons (Fsp3) is 0.571. The summed E-state index contributed by atoms with van der Waals surface area (Å²) in [4.78, 5) is 3.81. The molecule has 1 saturated heterocycles. The quantitative estimate of drug-likeness (QED) is 0.464. The van der Waals surface area contributed by atoms with E-state index in [1.165, 1.54) is 17.9 Å². The van der Waals surface area contributed by atoms with Crippen molar-refractivity contribution in [3.63, 3.8) is 0 Å². The van der Waals surface area contributed by atoms with E-state index in [0.29, 0.717) is 0 Å². The molecule has 1 fully saturated rings. The van der Waals surface area contributed by atoms with Crippen molar-refractivity contribution in [2.45, 2.75) is 11.3 Å². The molecule has 18 heavy (non-hydrogen) atoms. The minimum atomic E-state index is 0.900. The van der Waals surface area contributed by atoms with Crippen molar-refractivity contribution in [3.8, 4) is 0 Å². The molecule has 1 aromatic carbocycles. The summed E-state index contributed by atoms with van der Waals surface area (Å²) < 4.78 is 5.33. The van der Waals surface area contributed by atoms with Crippen molar-refractivity contribution >= 4 is 11.8 Å². The minimum Gasteiger partial charge on any atom is -0.379 e. The number of nitrogens with one attached hydrogen (secondary N) is 1. The molecule has 0 unspecified atom stereocenters. The van der Waals surface area contributed by atoms with Gasteiger partial charge in [-0.1, -0.05) is 18.2 Å². The maximum Gasteiger partial charge on any atom is 0.0594 e. The number of hydrogen-bond donors (Lipinski definition) is 1. The lowest BCUT2D eigenvalue weighted by Crippen LogP contribution is -2.37. The van der Waals surface area contributed by atoms with Crippen LogP contribution in [0.1, 0.15) is 6.42 Å². The van der Waals surface area contributed by atoms with Crippen LogP contribution in [-0.4, -0.2) is 50.2 Å². The lowest BCUT2D eigenvalue weighted by atomic mass is 10.3. The Hall–Kier alpha value is -0.550. The van der Waals surface area contributed by atoms with E-state index in [2.05, 4.69) is 40.5 Å². The van der Waals surface area contributed by atoms with E-state index >= 15 is 0 Å². The summed E-state index contributed by atoms with van der Waals surface area (Å²) in [5.41, 5.74) is 0. The Kier molecular flexibility index (Phi) is 6.58. The molecule has 0 bridgehead atoms. The van der Waals surface area contributed by atoms with Gasteiger partial charge in [-0.25, -0.2) is 0 Å². The summed E-state index contributed by atoms with van der Waals surface area (Å²) in [7, 11) is 0. The minimum absolute atomic E-state index is 0.900. The smallest absolute Gasteiger partial charge is 0.0594 e. The zero-order valence-corrected chi connectivity index (χ0v) is 11.6. The highest BCUT2D eigenvalue weighted by Gasteiger charge is 2.08. The molecule has 0 spiro atoms. The molecule has 0 amide bonds. The van der Waals surface area contributed by atoms with Gasteiger partial charge in [-0.15, -0.1) is 11.8 Å². The molecule has 0 radical (unpaired) electrons. The van der Waals surface area contributed by atoms with Gasteiger partial charge in [-0.05, 0) is 31.6 Å². The zero-order valence-electron chi connectivity index (χ0n) is 10.8. The Morgan fingerprint density at radius 3 is 2.72 bits per heavy atom. The summed E-state index contributed by atoms with van der Waals surface area (Å²) >= 11 is 1.86. The first-order valence-corrected chi connectivity index (χ1v) is 7.62. The molecule has 2 rings (SSSR count). The molecule has 1 aliphatic rings. The number of hydrogen-bond acceptors (Lipinski definition) is 4. The number of ether oxygens (including phenoxy) is 1. The Morgan fingerprint density at radius 1 is 1.17 bits per heavy atom. The Morgan fingerprint density at radius 2 is 1.94 bits per heavy atom. The van der Waals surface area contributed by atoms with E-state index in [-0.39, 0.29) is 0 Å². The van der Waals surface area contributed by atoms with Gasteiger partial charge in [0.2, 0.25) is 0 Å². The van der Waals surface area contributed by atoms with Gasteiger partial charge >= 0.3 is 0 Å². The number of nitrogens with zero attached hydrogens (tertiary/aromatic N) is 1. The summed E-state index contributed by atoms with van der Waals surface area (Å²) in [5, 5.41) is 3.48. The SMILES string of the molecule is c1ccc(SCNCCCN2CCOCC2)cc1. The Labute approximate surface area is 114 Å². The Bertz CT molecular complexity index is 315. The van der Waals surface area contributed by atoms with Crippen molar-refractivity contribution in [2.24, 2.45) is 0 Å². The summed E-state index contributed by atoms with van der Waals surface area (Å²) in [6.07, 6.45) is 1.22. The molecule has 0 aromatic heterocycles. The average molecular weight is 266 g/mol. The lowest BCUT2D eigenvalue weighted by molar-refractivity contribution is 0.0375. The predicted octanol–water partition coefficient (Wildman–Crippen LogP) is 2.05. The van der Waals surface area contributed by atoms with Crippen LogP contribution in [0.15, 0.2) is 35.2 Å². The van der Waals surface area contributed by atoms with Gasteiger partial charge in [-0.2, -0.15) is 0 Å². The van der Waals surface area contributed by atoms with Gasteiger partial charge in [0.25, 0.3) is 0 Å². The second-order valence-corrected chi connectivity index (χ2v) is 5.46. The topological polar surface area (TPSA) is 24.5 Å². The van der Waals surface area contributed by atoms with E-state index < -0.39 is 0 Å². The maximum atomic E-state index is 5.33. The van der Waals surface area contributed by atoms with Crippen molar-refractivity contribution in [2.75, 3.05) is 45.3 Å². The average Bonchev–Trinajstić information content (AvgIpc) is 2.45. The van der Waals surface area contributed by atoms with Crippen LogP contribution in [0, 0.1) is 0 Å². The van der Waals surface area contributed by atoms with Crippen LogP contribution in [0.4, 0.5) is 0 Å². The van der Waals surface area contributed by atoms with Crippen molar-refractivity contribution in [1.29, 1.82) is 0 Å². The standard InChI is InChI=1S/C14H22N2OS/c1-2-5-14(6-3-1)18-13-15-7-4-8-16-9-11-17-12-10-16/h1-3,5-6,15H,4,7-13H2. The predicted molar refractivity (Wildman–Crippen MR) is 77.0 cm³/mol. The third kappa shape index (κ3) is 5.40. The highest BCUT2D eigenvalue weighted by Crippen LogP contribution is 2.14. The monoisotopic (exact) mass is 266 g/mol. The molecule has 100 valence electrons. The van der Waals surface area contributed by atoms with Gasteiger partial charge < -0.3 is 10.1 Å². The van der Waals surface area contributed by atoms with Gasteiger partial charge in [-0.3, -0.25) is 4.90 Å². The molecular weight excluding hydrogens is 244 g/mol. The van der Waals surface area contributed by atoms with Crippen LogP contribution in [0.25, 0.3) is 0 Å². The van der Waals surface area contributed by atoms with Crippen LogP contribution in [0.5, 0.6) is 0 Å². The van der Waals surface area contributed by atoms with E-state index in [1.807, 2.05) is 11.8 Å². The normalized spacial score (nSPS) is 16.9. The third-order valence-corrected chi connectivity index (χ3v) is 3.97. The van der Waals surface area contributed by atoms with Crippen LogP contribution < -0.4 is 5.32 Å². The van der Waals surface area contributed by atoms with E-state index in [0.717, 1.165) is 38.7 Å². The van der Waals surface area contributed by atoms with Gasteiger partial charge in [0.15, 0.2) is 0 Å². The van der Waals surface area contributed by atoms with Crippen molar-refractivity contribution in [1.82, 2.24) is 10.2 Å². The maximum absolute atomic E-state index is 5.33. The second-order valence-electron chi connectivity index (χ2n) is 4.41. The fourth-order valence-corrected chi connectivity index (χ4v) is 2.74. The van der Waals surface area contributed by atoms with Crippen LogP contribution >= 0.6 is 11.8 Å². The summed E-state index contributed by atoms with van der Waals surface area (Å²) in [6, 6.07) is 10.5. The summed E-state index contributed by atoms with van der Waals surface area (Å²) in [6.45, 7) is 6.27. The number of rotatable bonds is 7. The Balaban J connectivity index is 1.46. The first-order valence-electron chi connectivity index (χ1n) is 6.64. The van der Waals surface area contributed by atoms with Crippen LogP contribution in [0.2, 0.25) is 0 Å². The molecular formula is C14H22N2OS. The zero-order chi connectivity index (χ0) is 12.5. The van der Waals surface area contributed by atoms with E-state index in [9.17, 15) is 0 Å². The number of thioether (sulfide) groups is 1. The molecule has 0 saturated carbocycles. The lowest BCUT2D eigenvalue weighted by Gasteiger charge is -2.26. The molecule has 0 aliphatic carbocycles. The molecule has 1 N–H and O–H groups in total. The van der Waals surface area contributed by atoms with Crippen LogP contribution in [0.3, 0.4) is 0 Å². The van der Waals surface area contributed by atoms with Gasteiger partial charge in [0, 0.05) is 23.9 Å². The van der Waals surface area contributed by atoms with Crippen molar-refractivity contribution in [3.05, 3.63) is 30.3 Å². The molecule has 3 nitrogen and oxygen atoms in total. The highest BCUT2D eigenvalue weighted by atomic mass is 32.2. The van der Waals surface area contributed by atoms with Crippen LogP contribution in [-0.2, 0) is 4.74 Å². The fourth-order valence-electron chi connectivity index (χ4n) is 1.98. The van der Waals surface area contributed by atoms with E-state index in [1.54, 1.807) is 0 Å². The highest BCUT2D eigenvalue weighted by molar-refractivity contribution is 7.99. The van der Waals surface area contributed by atoms with Crippen molar-refractivity contribution < 1.29 is 4.74 Å². The van der Waals surface area contributed by atoms with Gasteiger partial charge in [0.05, 0.1) is 13.2 Å². The first-order chi connectivity index (χ1) is 8.95. The number of morpholine rings is 1. The molecule has 1 heterocycles. The first kappa shape index (κ1) is 13.9. The molecule has 1 aromatic rings.